The predicted octanol–water partition coefficient (Wildman–Crippen LogP) is 4.55. The van der Waals surface area contributed by atoms with E-state index in [1.807, 2.05) is 67.6 Å². The summed E-state index contributed by atoms with van der Waals surface area (Å²) >= 11 is 1.31. The van der Waals surface area contributed by atoms with E-state index >= 15 is 0 Å². The molecule has 0 atom stereocenters. The van der Waals surface area contributed by atoms with Gasteiger partial charge in [0.25, 0.3) is 11.8 Å². The van der Waals surface area contributed by atoms with Gasteiger partial charge in [-0.2, -0.15) is 0 Å². The second-order valence-corrected chi connectivity index (χ2v) is 7.68. The van der Waals surface area contributed by atoms with Gasteiger partial charge in [0.15, 0.2) is 0 Å². The molecule has 2 amide bonds. The minimum Gasteiger partial charge on any atom is -0.494 e. The van der Waals surface area contributed by atoms with Crippen LogP contribution in [0.5, 0.6) is 5.75 Å². The second kappa shape index (κ2) is 8.97. The maximum atomic E-state index is 13.3. The van der Waals surface area contributed by atoms with Crippen LogP contribution in [0.25, 0.3) is 5.57 Å². The van der Waals surface area contributed by atoms with E-state index in [0.29, 0.717) is 28.3 Å². The summed E-state index contributed by atoms with van der Waals surface area (Å²) in [5.74, 6) is 0.109. The van der Waals surface area contributed by atoms with Crippen molar-refractivity contribution in [1.82, 2.24) is 9.88 Å². The Balaban J connectivity index is 1.71. The molecule has 6 heteroatoms. The molecule has 1 aliphatic rings. The van der Waals surface area contributed by atoms with Gasteiger partial charge in [0.2, 0.25) is 0 Å². The number of nitrogens with zero attached hydrogens (tertiary/aromatic N) is 2. The number of pyridine rings is 1. The molecule has 0 saturated carbocycles. The van der Waals surface area contributed by atoms with E-state index in [1.54, 1.807) is 18.3 Å². The summed E-state index contributed by atoms with van der Waals surface area (Å²) in [7, 11) is 0. The molecule has 1 aromatic heterocycles. The number of thioether (sulfide) groups is 1. The zero-order valence-electron chi connectivity index (χ0n) is 16.4. The van der Waals surface area contributed by atoms with Gasteiger partial charge in [-0.1, -0.05) is 48.2 Å². The molecule has 0 bridgehead atoms. The number of amides is 2. The summed E-state index contributed by atoms with van der Waals surface area (Å²) in [6, 6.07) is 22.3. The van der Waals surface area contributed by atoms with Crippen LogP contribution in [-0.4, -0.2) is 28.3 Å². The quantitative estimate of drug-likeness (QED) is 0.529. The van der Waals surface area contributed by atoms with Crippen LogP contribution < -0.4 is 4.74 Å². The topological polar surface area (TPSA) is 59.5 Å². The molecular formula is C24H20N2O3S. The minimum absolute atomic E-state index is 0.137. The Morgan fingerprint density at radius 2 is 1.63 bits per heavy atom. The predicted molar refractivity (Wildman–Crippen MR) is 117 cm³/mol. The van der Waals surface area contributed by atoms with Crippen LogP contribution in [0.2, 0.25) is 0 Å². The van der Waals surface area contributed by atoms with Crippen molar-refractivity contribution in [3.63, 3.8) is 0 Å². The number of benzene rings is 2. The number of aromatic nitrogens is 1. The largest absolute Gasteiger partial charge is 0.494 e. The monoisotopic (exact) mass is 416 g/mol. The van der Waals surface area contributed by atoms with Gasteiger partial charge in [-0.05, 0) is 48.9 Å². The van der Waals surface area contributed by atoms with E-state index in [-0.39, 0.29) is 18.4 Å². The second-order valence-electron chi connectivity index (χ2n) is 6.59. The van der Waals surface area contributed by atoms with Crippen LogP contribution in [0.15, 0.2) is 88.8 Å². The van der Waals surface area contributed by atoms with Gasteiger partial charge in [-0.3, -0.25) is 19.5 Å². The number of rotatable bonds is 7. The lowest BCUT2D eigenvalue weighted by atomic mass is 10.1. The SMILES string of the molecule is CCOc1ccc(C2=C(Sc3ccccc3)C(=O)N(Cc3ccccn3)C2=O)cc1. The fraction of sp³-hybridized carbons (Fsp3) is 0.125. The minimum atomic E-state index is -0.312. The Morgan fingerprint density at radius 3 is 2.30 bits per heavy atom. The fourth-order valence-corrected chi connectivity index (χ4v) is 4.22. The van der Waals surface area contributed by atoms with Crippen LogP contribution in [0.4, 0.5) is 0 Å². The summed E-state index contributed by atoms with van der Waals surface area (Å²) in [6.45, 7) is 2.62. The van der Waals surface area contributed by atoms with Gasteiger partial charge < -0.3 is 4.74 Å². The lowest BCUT2D eigenvalue weighted by molar-refractivity contribution is -0.137. The molecule has 4 rings (SSSR count). The average Bonchev–Trinajstić information content (AvgIpc) is 3.00. The van der Waals surface area contributed by atoms with Crippen LogP contribution in [-0.2, 0) is 16.1 Å². The first-order valence-electron chi connectivity index (χ1n) is 9.64. The first kappa shape index (κ1) is 19.9. The van der Waals surface area contributed by atoms with Gasteiger partial charge >= 0.3 is 0 Å². The summed E-state index contributed by atoms with van der Waals surface area (Å²) < 4.78 is 5.50. The van der Waals surface area contributed by atoms with Gasteiger partial charge in [0.05, 0.1) is 29.3 Å². The zero-order valence-corrected chi connectivity index (χ0v) is 17.3. The number of carbonyl (C=O) groups excluding carboxylic acids is 2. The molecule has 2 heterocycles. The normalized spacial score (nSPS) is 13.8. The van der Waals surface area contributed by atoms with E-state index in [1.165, 1.54) is 16.7 Å². The van der Waals surface area contributed by atoms with E-state index in [9.17, 15) is 9.59 Å². The Morgan fingerprint density at radius 1 is 0.900 bits per heavy atom. The van der Waals surface area contributed by atoms with Crippen molar-refractivity contribution in [1.29, 1.82) is 0 Å². The van der Waals surface area contributed by atoms with Gasteiger partial charge in [-0.15, -0.1) is 0 Å². The molecule has 0 radical (unpaired) electrons. The maximum Gasteiger partial charge on any atom is 0.268 e. The molecular weight excluding hydrogens is 396 g/mol. The van der Waals surface area contributed by atoms with Crippen LogP contribution in [0.3, 0.4) is 0 Å². The molecule has 0 aliphatic carbocycles. The highest BCUT2D eigenvalue weighted by atomic mass is 32.2. The standard InChI is InChI=1S/C24H20N2O3S/c1-2-29-19-13-11-17(12-14-19)21-22(30-20-9-4-3-5-10-20)24(28)26(23(21)27)16-18-8-6-7-15-25-18/h3-15H,2,16H2,1H3. The number of hydrogen-bond donors (Lipinski definition) is 0. The zero-order chi connectivity index (χ0) is 20.9. The summed E-state index contributed by atoms with van der Waals surface area (Å²) in [5.41, 5.74) is 1.77. The summed E-state index contributed by atoms with van der Waals surface area (Å²) in [4.78, 5) is 33.4. The van der Waals surface area contributed by atoms with Crippen molar-refractivity contribution in [2.24, 2.45) is 0 Å². The Bertz CT molecular complexity index is 1080. The molecule has 0 fully saturated rings. The van der Waals surface area contributed by atoms with E-state index in [0.717, 1.165) is 10.6 Å². The van der Waals surface area contributed by atoms with Crippen molar-refractivity contribution >= 4 is 29.1 Å². The molecule has 0 N–H and O–H groups in total. The number of carbonyl (C=O) groups is 2. The third-order valence-corrected chi connectivity index (χ3v) is 5.68. The van der Waals surface area contributed by atoms with E-state index < -0.39 is 0 Å². The van der Waals surface area contributed by atoms with Crippen LogP contribution >= 0.6 is 11.8 Å². The Labute approximate surface area is 179 Å². The molecule has 150 valence electrons. The Kier molecular flexibility index (Phi) is 5.95. The molecule has 5 nitrogen and oxygen atoms in total. The first-order chi connectivity index (χ1) is 14.7. The van der Waals surface area contributed by atoms with Crippen molar-refractivity contribution in [2.45, 2.75) is 18.4 Å². The molecule has 0 unspecified atom stereocenters. The van der Waals surface area contributed by atoms with Crippen molar-refractivity contribution in [3.8, 4) is 5.75 Å². The van der Waals surface area contributed by atoms with Crippen molar-refractivity contribution in [3.05, 3.63) is 95.2 Å². The van der Waals surface area contributed by atoms with Gasteiger partial charge in [-0.25, -0.2) is 0 Å². The maximum absolute atomic E-state index is 13.3. The summed E-state index contributed by atoms with van der Waals surface area (Å²) in [5, 5.41) is 0. The molecule has 0 spiro atoms. The highest BCUT2D eigenvalue weighted by Crippen LogP contribution is 2.40. The highest BCUT2D eigenvalue weighted by Gasteiger charge is 2.39. The number of hydrogen-bond acceptors (Lipinski definition) is 5. The molecule has 3 aromatic rings. The van der Waals surface area contributed by atoms with Crippen LogP contribution in [0, 0.1) is 0 Å². The molecule has 0 saturated heterocycles. The highest BCUT2D eigenvalue weighted by molar-refractivity contribution is 8.04. The third kappa shape index (κ3) is 4.14. The van der Waals surface area contributed by atoms with Crippen LogP contribution in [0.1, 0.15) is 18.2 Å². The lowest BCUT2D eigenvalue weighted by Crippen LogP contribution is -2.31. The number of ether oxygens (including phenoxy) is 1. The van der Waals surface area contributed by atoms with Crippen molar-refractivity contribution < 1.29 is 14.3 Å². The van der Waals surface area contributed by atoms with E-state index in [2.05, 4.69) is 4.98 Å². The third-order valence-electron chi connectivity index (χ3n) is 4.59. The number of imide groups is 1. The molecule has 2 aromatic carbocycles. The molecule has 1 aliphatic heterocycles. The smallest absolute Gasteiger partial charge is 0.268 e. The average molecular weight is 417 g/mol. The first-order valence-corrected chi connectivity index (χ1v) is 10.5. The summed E-state index contributed by atoms with van der Waals surface area (Å²) in [6.07, 6.45) is 1.65. The van der Waals surface area contributed by atoms with Crippen molar-refractivity contribution in [2.75, 3.05) is 6.61 Å². The Hall–Kier alpha value is -3.38. The fourth-order valence-electron chi connectivity index (χ4n) is 3.19. The van der Waals surface area contributed by atoms with Gasteiger partial charge in [0.1, 0.15) is 5.75 Å². The lowest BCUT2D eigenvalue weighted by Gasteiger charge is -2.14. The molecule has 30 heavy (non-hydrogen) atoms. The van der Waals surface area contributed by atoms with Gasteiger partial charge in [0, 0.05) is 11.1 Å². The van der Waals surface area contributed by atoms with E-state index in [4.69, 9.17) is 4.74 Å².